The van der Waals surface area contributed by atoms with Crippen LogP contribution in [0, 0.1) is 6.92 Å². The van der Waals surface area contributed by atoms with E-state index in [9.17, 15) is 4.79 Å². The van der Waals surface area contributed by atoms with Crippen molar-refractivity contribution in [2.45, 2.75) is 33.6 Å². The minimum Gasteiger partial charge on any atom is -0.489 e. The fourth-order valence-electron chi connectivity index (χ4n) is 2.45. The summed E-state index contributed by atoms with van der Waals surface area (Å²) in [5.74, 6) is 1.57. The fraction of sp³-hybridized carbons (Fsp3) is 0.318. The molecule has 4 nitrogen and oxygen atoms in total. The van der Waals surface area contributed by atoms with Gasteiger partial charge in [0.2, 0.25) is 0 Å². The summed E-state index contributed by atoms with van der Waals surface area (Å²) in [5.41, 5.74) is 3.81. The lowest BCUT2D eigenvalue weighted by Crippen LogP contribution is -2.20. The third-order valence-corrected chi connectivity index (χ3v) is 3.75. The lowest BCUT2D eigenvalue weighted by atomic mass is 10.0. The van der Waals surface area contributed by atoms with E-state index in [4.69, 9.17) is 9.47 Å². The number of carbonyl (C=O) groups is 1. The van der Waals surface area contributed by atoms with Crippen molar-refractivity contribution in [3.8, 4) is 11.5 Å². The van der Waals surface area contributed by atoms with Crippen LogP contribution in [-0.2, 0) is 4.79 Å². The number of carbonyl (C=O) groups excluding carboxylic acids is 1. The molecule has 2 aromatic carbocycles. The Morgan fingerprint density at radius 3 is 2.58 bits per heavy atom. The first-order chi connectivity index (χ1) is 12.3. The highest BCUT2D eigenvalue weighted by Gasteiger charge is 2.11. The van der Waals surface area contributed by atoms with Crippen molar-refractivity contribution < 1.29 is 14.3 Å². The Balaban J connectivity index is 1.96. The van der Waals surface area contributed by atoms with Crippen molar-refractivity contribution in [1.29, 1.82) is 0 Å². The van der Waals surface area contributed by atoms with Gasteiger partial charge >= 0.3 is 0 Å². The Bertz CT molecular complexity index is 781. The molecule has 2 aromatic rings. The van der Waals surface area contributed by atoms with Crippen LogP contribution >= 0.6 is 0 Å². The van der Waals surface area contributed by atoms with Gasteiger partial charge in [0.15, 0.2) is 6.61 Å². The van der Waals surface area contributed by atoms with Crippen LogP contribution in [0.15, 0.2) is 54.6 Å². The van der Waals surface area contributed by atoms with Gasteiger partial charge in [-0.15, -0.1) is 0 Å². The quantitative estimate of drug-likeness (QED) is 0.672. The van der Waals surface area contributed by atoms with Gasteiger partial charge < -0.3 is 14.8 Å². The molecule has 0 aliphatic heterocycles. The van der Waals surface area contributed by atoms with E-state index in [1.807, 2.05) is 38.1 Å². The summed E-state index contributed by atoms with van der Waals surface area (Å²) in [6.07, 6.45) is 0. The molecular formula is C22H27NO3. The molecule has 138 valence electrons. The lowest BCUT2D eigenvalue weighted by molar-refractivity contribution is -0.118. The zero-order chi connectivity index (χ0) is 19.1. The standard InChI is InChI=1S/C22H27NO3/c1-15(2)13-25-19-8-6-7-18(12-19)23-22(24)14-26-21-11-17(5)9-10-20(21)16(3)4/h6-12,16H,1,13-14H2,2-5H3,(H,23,24). The van der Waals surface area contributed by atoms with E-state index < -0.39 is 0 Å². The number of aryl methyl sites for hydroxylation is 1. The SMILES string of the molecule is C=C(C)COc1cccc(NC(=O)COc2cc(C)ccc2C(C)C)c1. The monoisotopic (exact) mass is 353 g/mol. The molecule has 1 N–H and O–H groups in total. The molecule has 1 amide bonds. The summed E-state index contributed by atoms with van der Waals surface area (Å²) in [7, 11) is 0. The second kappa shape index (κ2) is 9.09. The minimum atomic E-state index is -0.210. The van der Waals surface area contributed by atoms with E-state index in [0.29, 0.717) is 24.0 Å². The molecule has 2 rings (SSSR count). The molecule has 0 aromatic heterocycles. The van der Waals surface area contributed by atoms with Crippen molar-refractivity contribution >= 4 is 11.6 Å². The second-order valence-electron chi connectivity index (χ2n) is 6.81. The molecule has 0 aliphatic rings. The number of rotatable bonds is 8. The highest BCUT2D eigenvalue weighted by molar-refractivity contribution is 5.92. The summed E-state index contributed by atoms with van der Waals surface area (Å²) in [6.45, 7) is 12.3. The summed E-state index contributed by atoms with van der Waals surface area (Å²) in [4.78, 5) is 12.2. The van der Waals surface area contributed by atoms with E-state index in [1.165, 1.54) is 0 Å². The largest absolute Gasteiger partial charge is 0.489 e. The molecular weight excluding hydrogens is 326 g/mol. The molecule has 0 bridgehead atoms. The van der Waals surface area contributed by atoms with E-state index in [0.717, 1.165) is 22.4 Å². The number of benzene rings is 2. The zero-order valence-electron chi connectivity index (χ0n) is 16.0. The first kappa shape index (κ1) is 19.6. The maximum Gasteiger partial charge on any atom is 0.262 e. The Kier molecular flexibility index (Phi) is 6.84. The lowest BCUT2D eigenvalue weighted by Gasteiger charge is -2.15. The Hall–Kier alpha value is -2.75. The molecule has 0 heterocycles. The summed E-state index contributed by atoms with van der Waals surface area (Å²) in [6, 6.07) is 13.4. The molecule has 0 atom stereocenters. The number of amides is 1. The highest BCUT2D eigenvalue weighted by atomic mass is 16.5. The Morgan fingerprint density at radius 2 is 1.88 bits per heavy atom. The van der Waals surface area contributed by atoms with E-state index in [2.05, 4.69) is 37.9 Å². The molecule has 0 radical (unpaired) electrons. The van der Waals surface area contributed by atoms with Crippen LogP contribution in [0.2, 0.25) is 0 Å². The van der Waals surface area contributed by atoms with Crippen LogP contribution in [0.25, 0.3) is 0 Å². The van der Waals surface area contributed by atoms with E-state index >= 15 is 0 Å². The minimum absolute atomic E-state index is 0.0416. The zero-order valence-corrected chi connectivity index (χ0v) is 16.0. The van der Waals surface area contributed by atoms with E-state index in [1.54, 1.807) is 6.07 Å². The van der Waals surface area contributed by atoms with Gasteiger partial charge in [-0.05, 0) is 54.7 Å². The maximum atomic E-state index is 12.2. The van der Waals surface area contributed by atoms with Gasteiger partial charge in [0.05, 0.1) is 0 Å². The predicted molar refractivity (Wildman–Crippen MR) is 106 cm³/mol. The normalized spacial score (nSPS) is 10.5. The Labute approximate surface area is 155 Å². The highest BCUT2D eigenvalue weighted by Crippen LogP contribution is 2.27. The number of nitrogens with one attached hydrogen (secondary N) is 1. The number of anilines is 1. The average Bonchev–Trinajstić information content (AvgIpc) is 2.58. The molecule has 0 saturated carbocycles. The van der Waals surface area contributed by atoms with Crippen LogP contribution < -0.4 is 14.8 Å². The van der Waals surface area contributed by atoms with Crippen molar-refractivity contribution in [1.82, 2.24) is 0 Å². The molecule has 26 heavy (non-hydrogen) atoms. The molecule has 0 saturated heterocycles. The summed E-state index contributed by atoms with van der Waals surface area (Å²) in [5, 5.41) is 2.84. The van der Waals surface area contributed by atoms with Crippen LogP contribution in [0.3, 0.4) is 0 Å². The first-order valence-electron chi connectivity index (χ1n) is 8.75. The van der Waals surface area contributed by atoms with Crippen LogP contribution in [0.1, 0.15) is 37.8 Å². The average molecular weight is 353 g/mol. The van der Waals surface area contributed by atoms with Gasteiger partial charge in [-0.3, -0.25) is 4.79 Å². The number of hydrogen-bond donors (Lipinski definition) is 1. The number of hydrogen-bond acceptors (Lipinski definition) is 3. The van der Waals surface area contributed by atoms with Crippen LogP contribution in [0.4, 0.5) is 5.69 Å². The molecule has 0 spiro atoms. The first-order valence-corrected chi connectivity index (χ1v) is 8.75. The van der Waals surface area contributed by atoms with Gasteiger partial charge in [0, 0.05) is 11.8 Å². The van der Waals surface area contributed by atoms with Gasteiger partial charge in [-0.1, -0.05) is 38.6 Å². The van der Waals surface area contributed by atoms with Gasteiger partial charge in [0.1, 0.15) is 18.1 Å². The van der Waals surface area contributed by atoms with Gasteiger partial charge in [0.25, 0.3) is 5.91 Å². The molecule has 4 heteroatoms. The number of ether oxygens (including phenoxy) is 2. The van der Waals surface area contributed by atoms with Crippen molar-refractivity contribution in [2.75, 3.05) is 18.5 Å². The van der Waals surface area contributed by atoms with Crippen molar-refractivity contribution in [3.05, 3.63) is 65.7 Å². The third kappa shape index (κ3) is 5.96. The topological polar surface area (TPSA) is 47.6 Å². The Morgan fingerprint density at radius 1 is 1.12 bits per heavy atom. The van der Waals surface area contributed by atoms with E-state index in [-0.39, 0.29) is 12.5 Å². The fourth-order valence-corrected chi connectivity index (χ4v) is 2.45. The smallest absolute Gasteiger partial charge is 0.262 e. The maximum absolute atomic E-state index is 12.2. The summed E-state index contributed by atoms with van der Waals surface area (Å²) < 4.78 is 11.4. The summed E-state index contributed by atoms with van der Waals surface area (Å²) >= 11 is 0. The van der Waals surface area contributed by atoms with Crippen molar-refractivity contribution in [3.63, 3.8) is 0 Å². The molecule has 0 unspecified atom stereocenters. The van der Waals surface area contributed by atoms with Crippen LogP contribution in [-0.4, -0.2) is 19.1 Å². The van der Waals surface area contributed by atoms with Crippen molar-refractivity contribution in [2.24, 2.45) is 0 Å². The second-order valence-corrected chi connectivity index (χ2v) is 6.81. The third-order valence-electron chi connectivity index (χ3n) is 3.75. The van der Waals surface area contributed by atoms with Gasteiger partial charge in [-0.2, -0.15) is 0 Å². The van der Waals surface area contributed by atoms with Gasteiger partial charge in [-0.25, -0.2) is 0 Å². The molecule has 0 aliphatic carbocycles. The van der Waals surface area contributed by atoms with Crippen LogP contribution in [0.5, 0.6) is 11.5 Å². The predicted octanol–water partition coefficient (Wildman–Crippen LogP) is 5.09. The molecule has 0 fully saturated rings.